The van der Waals surface area contributed by atoms with Crippen LogP contribution >= 0.6 is 0 Å². The van der Waals surface area contributed by atoms with Crippen molar-refractivity contribution in [2.24, 2.45) is 23.7 Å². The summed E-state index contributed by atoms with van der Waals surface area (Å²) < 4.78 is 0. The fourth-order valence-electron chi connectivity index (χ4n) is 5.76. The number of fused-ring (bicyclic) bond motifs is 1. The number of nitrogens with zero attached hydrogens (tertiary/aromatic N) is 2. The van der Waals surface area contributed by atoms with Crippen LogP contribution in [0.2, 0.25) is 0 Å². The Kier molecular flexibility index (Phi) is 6.78. The minimum atomic E-state index is -0.667. The highest BCUT2D eigenvalue weighted by Crippen LogP contribution is 2.56. The van der Waals surface area contributed by atoms with E-state index in [1.807, 2.05) is 21.0 Å². The number of likely N-dealkylation sites (N-methyl/N-ethyl adjacent to an activating group) is 1. The number of aliphatic hydroxyl groups is 1. The van der Waals surface area contributed by atoms with Crippen molar-refractivity contribution in [3.05, 3.63) is 22.3 Å². The molecule has 146 valence electrons. The molecule has 0 spiro atoms. The predicted molar refractivity (Wildman–Crippen MR) is 108 cm³/mol. The summed E-state index contributed by atoms with van der Waals surface area (Å²) in [6.07, 6.45) is 9.08. The highest BCUT2D eigenvalue weighted by atomic mass is 16.3. The van der Waals surface area contributed by atoms with Crippen molar-refractivity contribution in [2.75, 3.05) is 14.1 Å². The maximum atomic E-state index is 11.0. The molecule has 0 amide bonds. The molecule has 0 bridgehead atoms. The monoisotopic (exact) mass is 348 g/mol. The summed E-state index contributed by atoms with van der Waals surface area (Å²) in [7, 11) is 3.89. The second-order valence-corrected chi connectivity index (χ2v) is 9.40. The first-order valence-electron chi connectivity index (χ1n) is 10.2. The molecule has 0 saturated heterocycles. The topological polar surface area (TPSA) is 48.4 Å². The van der Waals surface area contributed by atoms with Crippen LogP contribution < -0.4 is 0 Å². The number of rotatable bonds is 6. The Hall–Kier alpha value is -0.380. The van der Waals surface area contributed by atoms with Crippen LogP contribution in [0.25, 0.3) is 10.6 Å². The van der Waals surface area contributed by atoms with Crippen LogP contribution in [0.1, 0.15) is 73.1 Å². The second-order valence-electron chi connectivity index (χ2n) is 9.40. The molecule has 0 aliphatic heterocycles. The van der Waals surface area contributed by atoms with Gasteiger partial charge in [0, 0.05) is 5.60 Å². The molecule has 0 unspecified atom stereocenters. The average Bonchev–Trinajstić information content (AvgIpc) is 2.53. The van der Waals surface area contributed by atoms with Crippen molar-refractivity contribution in [3.8, 4) is 0 Å². The SMILES string of the molecule is C[N-][C@@H]1[C@@H]2[C@@H]([C@H](C)CCC=C(C)C)CC[C@](C)([N-]C)[C@H]2CC[C@@]1(C)O. The van der Waals surface area contributed by atoms with Gasteiger partial charge in [0.25, 0.3) is 0 Å². The van der Waals surface area contributed by atoms with Crippen molar-refractivity contribution in [2.45, 2.75) is 90.3 Å². The summed E-state index contributed by atoms with van der Waals surface area (Å²) >= 11 is 0. The zero-order valence-electron chi connectivity index (χ0n) is 17.5. The lowest BCUT2D eigenvalue weighted by atomic mass is 9.52. The summed E-state index contributed by atoms with van der Waals surface area (Å²) in [5, 5.41) is 20.6. The molecular weight excluding hydrogens is 308 g/mol. The zero-order chi connectivity index (χ0) is 18.8. The Morgan fingerprint density at radius 2 is 1.88 bits per heavy atom. The third-order valence-electron chi connectivity index (χ3n) is 7.40. The summed E-state index contributed by atoms with van der Waals surface area (Å²) in [6, 6.07) is 0.0449. The maximum absolute atomic E-state index is 11.0. The lowest BCUT2D eigenvalue weighted by Crippen LogP contribution is -2.60. The molecule has 25 heavy (non-hydrogen) atoms. The van der Waals surface area contributed by atoms with Gasteiger partial charge in [-0.15, -0.1) is 11.6 Å². The van der Waals surface area contributed by atoms with E-state index in [9.17, 15) is 5.11 Å². The number of hydrogen-bond donors (Lipinski definition) is 1. The molecule has 0 aromatic rings. The van der Waals surface area contributed by atoms with Gasteiger partial charge < -0.3 is 15.7 Å². The Balaban J connectivity index is 2.26. The summed E-state index contributed by atoms with van der Waals surface area (Å²) in [6.45, 7) is 11.1. The van der Waals surface area contributed by atoms with E-state index in [0.717, 1.165) is 19.3 Å². The Morgan fingerprint density at radius 1 is 1.20 bits per heavy atom. The smallest absolute Gasteiger partial charge is 0.0463 e. The van der Waals surface area contributed by atoms with Crippen LogP contribution in [0.3, 0.4) is 0 Å². The summed E-state index contributed by atoms with van der Waals surface area (Å²) in [4.78, 5) is 0. The molecule has 2 fully saturated rings. The molecular formula is C22H40N2O-2. The molecule has 0 aromatic heterocycles. The number of allylic oxidation sites excluding steroid dienone is 2. The molecule has 1 N–H and O–H groups in total. The van der Waals surface area contributed by atoms with Crippen LogP contribution in [0.4, 0.5) is 0 Å². The minimum absolute atomic E-state index is 0.0449. The van der Waals surface area contributed by atoms with E-state index in [0.29, 0.717) is 23.7 Å². The lowest BCUT2D eigenvalue weighted by Gasteiger charge is -2.66. The van der Waals surface area contributed by atoms with Gasteiger partial charge in [-0.3, -0.25) is 0 Å². The van der Waals surface area contributed by atoms with Gasteiger partial charge in [-0.2, -0.15) is 14.1 Å². The van der Waals surface area contributed by atoms with E-state index < -0.39 is 5.60 Å². The third-order valence-corrected chi connectivity index (χ3v) is 7.40. The van der Waals surface area contributed by atoms with Gasteiger partial charge in [-0.1, -0.05) is 50.2 Å². The van der Waals surface area contributed by atoms with Gasteiger partial charge in [0.05, 0.1) is 0 Å². The molecule has 0 heterocycles. The van der Waals surface area contributed by atoms with Gasteiger partial charge in [0.2, 0.25) is 0 Å². The largest absolute Gasteiger partial charge is 0.660 e. The van der Waals surface area contributed by atoms with E-state index in [2.05, 4.69) is 33.8 Å². The number of hydrogen-bond acceptors (Lipinski definition) is 1. The van der Waals surface area contributed by atoms with Gasteiger partial charge in [0.1, 0.15) is 0 Å². The summed E-state index contributed by atoms with van der Waals surface area (Å²) in [5.41, 5.74) is 0.799. The standard InChI is InChI=1S/C22H40N2O/c1-15(2)9-8-10-16(3)17-11-13-21(4,24-7)18-12-14-22(5,25)20(23-6)19(17)18/h9,16-20,25H,8,10-14H2,1-7H3/q-2/t16-,17-,18+,19-,20-,21+,22-/m1/s1. The minimum Gasteiger partial charge on any atom is -0.660 e. The predicted octanol–water partition coefficient (Wildman–Crippen LogP) is 5.69. The fourth-order valence-corrected chi connectivity index (χ4v) is 5.76. The van der Waals surface area contributed by atoms with E-state index in [4.69, 9.17) is 10.6 Å². The molecule has 3 nitrogen and oxygen atoms in total. The molecule has 2 aliphatic carbocycles. The maximum Gasteiger partial charge on any atom is 0.0463 e. The zero-order valence-corrected chi connectivity index (χ0v) is 17.5. The quantitative estimate of drug-likeness (QED) is 0.616. The van der Waals surface area contributed by atoms with Crippen LogP contribution in [0, 0.1) is 23.7 Å². The van der Waals surface area contributed by atoms with Crippen molar-refractivity contribution < 1.29 is 5.11 Å². The van der Waals surface area contributed by atoms with Crippen LogP contribution in [0.5, 0.6) is 0 Å². The highest BCUT2D eigenvalue weighted by molar-refractivity contribution is 5.20. The average molecular weight is 349 g/mol. The van der Waals surface area contributed by atoms with Crippen LogP contribution in [-0.2, 0) is 0 Å². The summed E-state index contributed by atoms with van der Waals surface area (Å²) in [5.74, 6) is 2.32. The van der Waals surface area contributed by atoms with Crippen molar-refractivity contribution in [1.82, 2.24) is 0 Å². The lowest BCUT2D eigenvalue weighted by molar-refractivity contribution is -0.0825. The van der Waals surface area contributed by atoms with Gasteiger partial charge in [-0.05, 0) is 58.3 Å². The second kappa shape index (κ2) is 8.10. The molecule has 0 radical (unpaired) electrons. The first kappa shape index (κ1) is 20.9. The Morgan fingerprint density at radius 3 is 2.44 bits per heavy atom. The Labute approximate surface area is 156 Å². The third kappa shape index (κ3) is 4.31. The van der Waals surface area contributed by atoms with Crippen molar-refractivity contribution >= 4 is 0 Å². The van der Waals surface area contributed by atoms with E-state index in [1.54, 1.807) is 0 Å². The molecule has 2 rings (SSSR count). The van der Waals surface area contributed by atoms with Gasteiger partial charge in [-0.25, -0.2) is 0 Å². The first-order valence-corrected chi connectivity index (χ1v) is 10.2. The van der Waals surface area contributed by atoms with Crippen LogP contribution in [-0.4, -0.2) is 36.4 Å². The highest BCUT2D eigenvalue weighted by Gasteiger charge is 2.50. The molecule has 7 atom stereocenters. The molecule has 2 saturated carbocycles. The van der Waals surface area contributed by atoms with E-state index >= 15 is 0 Å². The normalized spacial score (nSPS) is 42.6. The van der Waals surface area contributed by atoms with E-state index in [1.165, 1.54) is 24.8 Å². The van der Waals surface area contributed by atoms with Gasteiger partial charge in [0.15, 0.2) is 0 Å². The van der Waals surface area contributed by atoms with Gasteiger partial charge >= 0.3 is 0 Å². The molecule has 0 aromatic carbocycles. The van der Waals surface area contributed by atoms with Crippen molar-refractivity contribution in [1.29, 1.82) is 0 Å². The van der Waals surface area contributed by atoms with E-state index in [-0.39, 0.29) is 11.6 Å². The first-order chi connectivity index (χ1) is 11.7. The molecule has 3 heteroatoms. The van der Waals surface area contributed by atoms with Crippen molar-refractivity contribution in [3.63, 3.8) is 0 Å². The molecule has 2 aliphatic rings. The Bertz CT molecular complexity index is 469. The fraction of sp³-hybridized carbons (Fsp3) is 0.909. The van der Waals surface area contributed by atoms with Crippen LogP contribution in [0.15, 0.2) is 11.6 Å².